The number of H-pyrrole nitrogens is 1. The standard InChI is InChI=1S/C17H18BrN3O2/c18-10-1-4-15-13(7-10)14(8-16(22)20-15)17(23)21-6-5-11-2-3-12(9-21)19-11/h1,4,7-8,11-12,19H,2-3,5-6,9H2,(H,20,22). The average molecular weight is 376 g/mol. The Bertz CT molecular complexity index is 832. The zero-order valence-corrected chi connectivity index (χ0v) is 14.2. The number of fused-ring (bicyclic) bond motifs is 3. The lowest BCUT2D eigenvalue weighted by atomic mass is 10.1. The van der Waals surface area contributed by atoms with Gasteiger partial charge >= 0.3 is 0 Å². The lowest BCUT2D eigenvalue weighted by molar-refractivity contribution is 0.0750. The minimum absolute atomic E-state index is 0.0476. The number of nitrogens with zero attached hydrogens (tertiary/aromatic N) is 1. The fraction of sp³-hybridized carbons (Fsp3) is 0.412. The molecule has 120 valence electrons. The predicted octanol–water partition coefficient (Wildman–Crippen LogP) is 2.26. The largest absolute Gasteiger partial charge is 0.337 e. The quantitative estimate of drug-likeness (QED) is 0.803. The second-order valence-electron chi connectivity index (χ2n) is 6.41. The number of rotatable bonds is 1. The molecule has 1 amide bonds. The van der Waals surface area contributed by atoms with Crippen LogP contribution in [0.4, 0.5) is 0 Å². The van der Waals surface area contributed by atoms with Gasteiger partial charge in [-0.15, -0.1) is 0 Å². The minimum atomic E-state index is -0.238. The summed E-state index contributed by atoms with van der Waals surface area (Å²) in [5, 5.41) is 4.36. The number of hydrogen-bond acceptors (Lipinski definition) is 3. The van der Waals surface area contributed by atoms with E-state index >= 15 is 0 Å². The van der Waals surface area contributed by atoms with E-state index < -0.39 is 0 Å². The Kier molecular flexibility index (Phi) is 3.73. The van der Waals surface area contributed by atoms with E-state index in [4.69, 9.17) is 0 Å². The van der Waals surface area contributed by atoms with Crippen molar-refractivity contribution in [2.75, 3.05) is 13.1 Å². The first-order valence-corrected chi connectivity index (χ1v) is 8.77. The summed E-state index contributed by atoms with van der Waals surface area (Å²) >= 11 is 3.44. The lowest BCUT2D eigenvalue weighted by Gasteiger charge is -2.24. The summed E-state index contributed by atoms with van der Waals surface area (Å²) < 4.78 is 0.891. The molecule has 2 aliphatic heterocycles. The third kappa shape index (κ3) is 2.81. The lowest BCUT2D eigenvalue weighted by Crippen LogP contribution is -2.39. The molecule has 0 radical (unpaired) electrons. The van der Waals surface area contributed by atoms with Crippen molar-refractivity contribution in [3.8, 4) is 0 Å². The van der Waals surface area contributed by atoms with Gasteiger partial charge in [0.15, 0.2) is 0 Å². The van der Waals surface area contributed by atoms with Crippen LogP contribution < -0.4 is 10.9 Å². The van der Waals surface area contributed by atoms with Gasteiger partial charge in [-0.3, -0.25) is 9.59 Å². The number of likely N-dealkylation sites (tertiary alicyclic amines) is 1. The van der Waals surface area contributed by atoms with Crippen molar-refractivity contribution >= 4 is 32.7 Å². The molecular weight excluding hydrogens is 358 g/mol. The maximum Gasteiger partial charge on any atom is 0.254 e. The summed E-state index contributed by atoms with van der Waals surface area (Å²) in [6.07, 6.45) is 3.30. The van der Waals surface area contributed by atoms with Gasteiger partial charge < -0.3 is 15.2 Å². The van der Waals surface area contributed by atoms with E-state index in [1.165, 1.54) is 12.5 Å². The number of nitrogens with one attached hydrogen (secondary N) is 2. The van der Waals surface area contributed by atoms with Crippen LogP contribution in [-0.4, -0.2) is 41.0 Å². The van der Waals surface area contributed by atoms with E-state index in [0.29, 0.717) is 23.2 Å². The van der Waals surface area contributed by atoms with Gasteiger partial charge in [0.25, 0.3) is 5.91 Å². The van der Waals surface area contributed by atoms with E-state index in [9.17, 15) is 9.59 Å². The molecule has 2 aromatic rings. The van der Waals surface area contributed by atoms with Crippen LogP contribution in [0.1, 0.15) is 29.6 Å². The zero-order chi connectivity index (χ0) is 16.0. The molecule has 0 spiro atoms. The van der Waals surface area contributed by atoms with Gasteiger partial charge in [0.1, 0.15) is 0 Å². The highest BCUT2D eigenvalue weighted by Crippen LogP contribution is 2.25. The second-order valence-corrected chi connectivity index (χ2v) is 7.33. The fourth-order valence-electron chi connectivity index (χ4n) is 3.70. The maximum atomic E-state index is 13.0. The molecule has 4 rings (SSSR count). The molecule has 1 aromatic carbocycles. The van der Waals surface area contributed by atoms with Crippen LogP contribution in [0.15, 0.2) is 33.5 Å². The van der Waals surface area contributed by atoms with Crippen LogP contribution in [0.25, 0.3) is 10.9 Å². The minimum Gasteiger partial charge on any atom is -0.337 e. The van der Waals surface area contributed by atoms with Crippen LogP contribution in [-0.2, 0) is 0 Å². The summed E-state index contributed by atoms with van der Waals surface area (Å²) in [5.74, 6) is -0.0476. The first-order valence-electron chi connectivity index (χ1n) is 7.98. The molecular formula is C17H18BrN3O2. The van der Waals surface area contributed by atoms with Crippen LogP contribution in [0.2, 0.25) is 0 Å². The summed E-state index contributed by atoms with van der Waals surface area (Å²) in [5.41, 5.74) is 0.944. The smallest absolute Gasteiger partial charge is 0.254 e. The number of aromatic amines is 1. The van der Waals surface area contributed by atoms with Gasteiger partial charge in [0.05, 0.1) is 5.56 Å². The normalized spacial score (nSPS) is 24.0. The SMILES string of the molecule is O=C(c1cc(=O)[nH]c2ccc(Br)cc12)N1CCC2CCC(C1)N2. The Labute approximate surface area is 142 Å². The highest BCUT2D eigenvalue weighted by molar-refractivity contribution is 9.10. The van der Waals surface area contributed by atoms with Crippen molar-refractivity contribution in [1.29, 1.82) is 0 Å². The van der Waals surface area contributed by atoms with Crippen LogP contribution >= 0.6 is 15.9 Å². The molecule has 2 bridgehead atoms. The number of carbonyl (C=O) groups is 1. The van der Waals surface area contributed by atoms with Gasteiger partial charge in [0.2, 0.25) is 5.56 Å². The molecule has 23 heavy (non-hydrogen) atoms. The summed E-state index contributed by atoms with van der Waals surface area (Å²) in [7, 11) is 0. The second kappa shape index (κ2) is 5.76. The Morgan fingerprint density at radius 1 is 1.17 bits per heavy atom. The van der Waals surface area contributed by atoms with E-state index in [0.717, 1.165) is 35.8 Å². The third-order valence-corrected chi connectivity index (χ3v) is 5.34. The Morgan fingerprint density at radius 2 is 2.00 bits per heavy atom. The van der Waals surface area contributed by atoms with Crippen molar-refractivity contribution in [3.05, 3.63) is 44.7 Å². The van der Waals surface area contributed by atoms with Gasteiger partial charge in [-0.1, -0.05) is 15.9 Å². The van der Waals surface area contributed by atoms with Crippen molar-refractivity contribution in [3.63, 3.8) is 0 Å². The van der Waals surface area contributed by atoms with Gasteiger partial charge in [-0.05, 0) is 37.5 Å². The van der Waals surface area contributed by atoms with Crippen LogP contribution in [0.5, 0.6) is 0 Å². The summed E-state index contributed by atoms with van der Waals surface area (Å²) in [6.45, 7) is 1.47. The highest BCUT2D eigenvalue weighted by Gasteiger charge is 2.32. The molecule has 0 saturated carbocycles. The third-order valence-electron chi connectivity index (χ3n) is 4.85. The average Bonchev–Trinajstić information content (AvgIpc) is 2.85. The van der Waals surface area contributed by atoms with Gasteiger partial charge in [-0.25, -0.2) is 0 Å². The van der Waals surface area contributed by atoms with Crippen molar-refractivity contribution in [2.24, 2.45) is 0 Å². The van der Waals surface area contributed by atoms with Crippen molar-refractivity contribution < 1.29 is 4.79 Å². The first kappa shape index (κ1) is 14.9. The molecule has 2 unspecified atom stereocenters. The molecule has 2 saturated heterocycles. The van der Waals surface area contributed by atoms with Crippen LogP contribution in [0, 0.1) is 0 Å². The Balaban J connectivity index is 1.74. The van der Waals surface area contributed by atoms with E-state index in [1.54, 1.807) is 0 Å². The number of hydrogen-bond donors (Lipinski definition) is 2. The number of halogens is 1. The molecule has 3 heterocycles. The zero-order valence-electron chi connectivity index (χ0n) is 12.6. The van der Waals surface area contributed by atoms with Crippen molar-refractivity contribution in [2.45, 2.75) is 31.3 Å². The molecule has 2 atom stereocenters. The number of amides is 1. The Hall–Kier alpha value is -1.66. The molecule has 2 aliphatic rings. The van der Waals surface area contributed by atoms with Gasteiger partial charge in [0, 0.05) is 46.6 Å². The summed E-state index contributed by atoms with van der Waals surface area (Å²) in [4.78, 5) is 29.6. The summed E-state index contributed by atoms with van der Waals surface area (Å²) in [6, 6.07) is 7.91. The molecule has 5 nitrogen and oxygen atoms in total. The fourth-order valence-corrected chi connectivity index (χ4v) is 4.06. The van der Waals surface area contributed by atoms with Crippen LogP contribution in [0.3, 0.4) is 0 Å². The van der Waals surface area contributed by atoms with E-state index in [2.05, 4.69) is 26.2 Å². The molecule has 1 aromatic heterocycles. The molecule has 0 aliphatic carbocycles. The Morgan fingerprint density at radius 3 is 2.87 bits per heavy atom. The van der Waals surface area contributed by atoms with E-state index in [1.807, 2.05) is 23.1 Å². The predicted molar refractivity (Wildman–Crippen MR) is 92.7 cm³/mol. The number of aromatic nitrogens is 1. The molecule has 2 N–H and O–H groups in total. The number of benzene rings is 1. The number of carbonyl (C=O) groups excluding carboxylic acids is 1. The van der Waals surface area contributed by atoms with Gasteiger partial charge in [-0.2, -0.15) is 0 Å². The highest BCUT2D eigenvalue weighted by atomic mass is 79.9. The monoisotopic (exact) mass is 375 g/mol. The van der Waals surface area contributed by atoms with Crippen molar-refractivity contribution in [1.82, 2.24) is 15.2 Å². The topological polar surface area (TPSA) is 65.2 Å². The van der Waals surface area contributed by atoms with E-state index in [-0.39, 0.29) is 11.5 Å². The maximum absolute atomic E-state index is 13.0. The molecule has 6 heteroatoms. The molecule has 2 fully saturated rings. The first-order chi connectivity index (χ1) is 11.1. The number of pyridine rings is 1.